The number of halogens is 3. The quantitative estimate of drug-likeness (QED) is 0.805. The van der Waals surface area contributed by atoms with Crippen LogP contribution in [0.5, 0.6) is 0 Å². The third-order valence-corrected chi connectivity index (χ3v) is 4.63. The van der Waals surface area contributed by atoms with Crippen molar-refractivity contribution in [3.63, 3.8) is 0 Å². The van der Waals surface area contributed by atoms with E-state index in [4.69, 9.17) is 28.9 Å². The topological polar surface area (TPSA) is 43.8 Å². The lowest BCUT2D eigenvalue weighted by molar-refractivity contribution is 0.689. The van der Waals surface area contributed by atoms with Crippen LogP contribution < -0.4 is 5.73 Å². The molecule has 1 aromatic carbocycles. The van der Waals surface area contributed by atoms with E-state index in [0.29, 0.717) is 22.4 Å². The lowest BCUT2D eigenvalue weighted by Crippen LogP contribution is -2.06. The van der Waals surface area contributed by atoms with Crippen molar-refractivity contribution in [2.24, 2.45) is 0 Å². The number of benzene rings is 1. The summed E-state index contributed by atoms with van der Waals surface area (Å²) < 4.78 is 2.70. The molecule has 0 saturated carbocycles. The molecule has 0 aliphatic carbocycles. The number of hydrogen-bond acceptors (Lipinski definition) is 2. The molecule has 1 aromatic heterocycles. The van der Waals surface area contributed by atoms with E-state index in [9.17, 15) is 0 Å². The van der Waals surface area contributed by atoms with Gasteiger partial charge in [0.15, 0.2) is 0 Å². The van der Waals surface area contributed by atoms with Gasteiger partial charge in [-0.1, -0.05) is 35.3 Å². The second-order valence-corrected chi connectivity index (χ2v) is 5.52. The summed E-state index contributed by atoms with van der Waals surface area (Å²) in [6, 6.07) is 5.54. The van der Waals surface area contributed by atoms with Gasteiger partial charge in [0.1, 0.15) is 5.82 Å². The molecule has 0 radical (unpaired) electrons. The molecule has 3 nitrogen and oxygen atoms in total. The van der Waals surface area contributed by atoms with E-state index >= 15 is 0 Å². The Morgan fingerprint density at radius 3 is 2.71 bits per heavy atom. The van der Waals surface area contributed by atoms with Crippen molar-refractivity contribution >= 4 is 51.6 Å². The van der Waals surface area contributed by atoms with Gasteiger partial charge in [0.05, 0.1) is 25.9 Å². The molecule has 1 heterocycles. The van der Waals surface area contributed by atoms with Gasteiger partial charge in [-0.25, -0.2) is 4.68 Å². The summed E-state index contributed by atoms with van der Waals surface area (Å²) in [6.45, 7) is 2.45. The zero-order valence-corrected chi connectivity index (χ0v) is 12.7. The maximum absolute atomic E-state index is 6.13. The Hall–Kier alpha value is -0.460. The van der Waals surface area contributed by atoms with Crippen molar-refractivity contribution in [1.29, 1.82) is 0 Å². The van der Waals surface area contributed by atoms with E-state index in [-0.39, 0.29) is 0 Å². The Bertz CT molecular complexity index is 566. The molecule has 0 bridgehead atoms. The van der Waals surface area contributed by atoms with Gasteiger partial charge in [-0.15, -0.1) is 0 Å². The van der Waals surface area contributed by atoms with Crippen LogP contribution in [-0.4, -0.2) is 9.78 Å². The van der Waals surface area contributed by atoms with Crippen LogP contribution in [0.4, 0.5) is 5.82 Å². The second-order valence-electron chi connectivity index (χ2n) is 3.66. The summed E-state index contributed by atoms with van der Waals surface area (Å²) in [4.78, 5) is 0. The highest BCUT2D eigenvalue weighted by Gasteiger charge is 2.12. The first-order valence-electron chi connectivity index (χ1n) is 4.92. The van der Waals surface area contributed by atoms with Gasteiger partial charge in [-0.2, -0.15) is 5.10 Å². The molecule has 0 spiro atoms. The van der Waals surface area contributed by atoms with Gasteiger partial charge in [0.2, 0.25) is 0 Å². The molecule has 0 aliphatic rings. The third kappa shape index (κ3) is 2.53. The molecule has 0 fully saturated rings. The summed E-state index contributed by atoms with van der Waals surface area (Å²) in [5.74, 6) is 0.652. The van der Waals surface area contributed by atoms with Crippen LogP contribution in [0.2, 0.25) is 10.0 Å². The average molecular weight is 382 g/mol. The average Bonchev–Trinajstić information content (AvgIpc) is 2.53. The number of aromatic nitrogens is 2. The molecule has 0 saturated heterocycles. The first-order valence-corrected chi connectivity index (χ1v) is 6.75. The molecule has 0 aliphatic heterocycles. The van der Waals surface area contributed by atoms with E-state index in [0.717, 1.165) is 14.8 Å². The summed E-state index contributed by atoms with van der Waals surface area (Å²) in [7, 11) is 0. The Labute approximate surface area is 123 Å². The van der Waals surface area contributed by atoms with Crippen LogP contribution in [0.15, 0.2) is 18.2 Å². The highest BCUT2D eigenvalue weighted by atomic mass is 127. The Balaban J connectivity index is 2.38. The molecule has 0 atom stereocenters. The minimum atomic E-state index is 0.523. The molecule has 6 heteroatoms. The summed E-state index contributed by atoms with van der Waals surface area (Å²) in [5.41, 5.74) is 7.78. The fourth-order valence-corrected chi connectivity index (χ4v) is 2.30. The molecule has 2 aromatic rings. The van der Waals surface area contributed by atoms with E-state index < -0.39 is 0 Å². The van der Waals surface area contributed by atoms with Gasteiger partial charge >= 0.3 is 0 Å². The van der Waals surface area contributed by atoms with Crippen LogP contribution in [0.3, 0.4) is 0 Å². The predicted molar refractivity (Wildman–Crippen MR) is 79.7 cm³/mol. The summed E-state index contributed by atoms with van der Waals surface area (Å²) in [5, 5.41) is 5.45. The predicted octanol–water partition coefficient (Wildman–Crippen LogP) is 3.73. The SMILES string of the molecule is Cc1nn(Cc2cccc(Cl)c2Cl)c(N)c1I. The third-order valence-electron chi connectivity index (χ3n) is 2.44. The fraction of sp³-hybridized carbons (Fsp3) is 0.182. The van der Waals surface area contributed by atoms with Crippen molar-refractivity contribution in [2.45, 2.75) is 13.5 Å². The summed E-state index contributed by atoms with van der Waals surface area (Å²) >= 11 is 14.3. The van der Waals surface area contributed by atoms with Gasteiger partial charge in [-0.3, -0.25) is 0 Å². The normalized spacial score (nSPS) is 10.8. The Morgan fingerprint density at radius 2 is 2.12 bits per heavy atom. The van der Waals surface area contributed by atoms with Gasteiger partial charge in [0, 0.05) is 0 Å². The smallest absolute Gasteiger partial charge is 0.135 e. The van der Waals surface area contributed by atoms with E-state index in [2.05, 4.69) is 27.7 Å². The van der Waals surface area contributed by atoms with Crippen molar-refractivity contribution in [3.05, 3.63) is 43.1 Å². The van der Waals surface area contributed by atoms with Gasteiger partial charge < -0.3 is 5.73 Å². The lowest BCUT2D eigenvalue weighted by atomic mass is 10.2. The number of nitrogen functional groups attached to an aromatic ring is 1. The maximum atomic E-state index is 6.13. The number of aryl methyl sites for hydroxylation is 1. The van der Waals surface area contributed by atoms with Crippen LogP contribution in [-0.2, 0) is 6.54 Å². The molecule has 90 valence electrons. The zero-order valence-electron chi connectivity index (χ0n) is 9.04. The monoisotopic (exact) mass is 381 g/mol. The van der Waals surface area contributed by atoms with Crippen molar-refractivity contribution in [2.75, 3.05) is 5.73 Å². The Kier molecular flexibility index (Phi) is 3.85. The summed E-state index contributed by atoms with van der Waals surface area (Å²) in [6.07, 6.45) is 0. The lowest BCUT2D eigenvalue weighted by Gasteiger charge is -2.07. The molecule has 2 rings (SSSR count). The largest absolute Gasteiger partial charge is 0.383 e. The molecular formula is C11H10Cl2IN3. The number of nitrogens with zero attached hydrogens (tertiary/aromatic N) is 2. The molecule has 0 amide bonds. The standard InChI is InChI=1S/C11H10Cl2IN3/c1-6-10(14)11(15)17(16-6)5-7-3-2-4-8(12)9(7)13/h2-4H,5,15H2,1H3. The highest BCUT2D eigenvalue weighted by Crippen LogP contribution is 2.27. The first kappa shape index (κ1) is 13.0. The highest BCUT2D eigenvalue weighted by molar-refractivity contribution is 14.1. The zero-order chi connectivity index (χ0) is 12.6. The minimum Gasteiger partial charge on any atom is -0.383 e. The second kappa shape index (κ2) is 5.04. The van der Waals surface area contributed by atoms with E-state index in [1.165, 1.54) is 0 Å². The first-order chi connectivity index (χ1) is 8.00. The Morgan fingerprint density at radius 1 is 1.41 bits per heavy atom. The number of nitrogens with two attached hydrogens (primary N) is 1. The van der Waals surface area contributed by atoms with Gasteiger partial charge in [-0.05, 0) is 41.1 Å². The number of hydrogen-bond donors (Lipinski definition) is 1. The van der Waals surface area contributed by atoms with Crippen LogP contribution in [0.25, 0.3) is 0 Å². The minimum absolute atomic E-state index is 0.523. The van der Waals surface area contributed by atoms with Crippen molar-refractivity contribution in [1.82, 2.24) is 9.78 Å². The van der Waals surface area contributed by atoms with Crippen molar-refractivity contribution in [3.8, 4) is 0 Å². The molecule has 17 heavy (non-hydrogen) atoms. The molecular weight excluding hydrogens is 372 g/mol. The van der Waals surface area contributed by atoms with Crippen molar-refractivity contribution < 1.29 is 0 Å². The van der Waals surface area contributed by atoms with Crippen LogP contribution in [0.1, 0.15) is 11.3 Å². The van der Waals surface area contributed by atoms with Crippen LogP contribution >= 0.6 is 45.8 Å². The number of rotatable bonds is 2. The molecule has 2 N–H and O–H groups in total. The van der Waals surface area contributed by atoms with E-state index in [1.54, 1.807) is 10.7 Å². The van der Waals surface area contributed by atoms with Crippen LogP contribution in [0, 0.1) is 10.5 Å². The molecule has 0 unspecified atom stereocenters. The maximum Gasteiger partial charge on any atom is 0.135 e. The number of anilines is 1. The van der Waals surface area contributed by atoms with Gasteiger partial charge in [0.25, 0.3) is 0 Å². The fourth-order valence-electron chi connectivity index (χ4n) is 1.53. The van der Waals surface area contributed by atoms with E-state index in [1.807, 2.05) is 19.1 Å².